The van der Waals surface area contributed by atoms with Gasteiger partial charge in [0.15, 0.2) is 0 Å². The molecule has 30 heavy (non-hydrogen) atoms. The molecule has 2 aromatic heterocycles. The Kier molecular flexibility index (Phi) is 5.08. The minimum atomic E-state index is -0.305. The predicted molar refractivity (Wildman–Crippen MR) is 113 cm³/mol. The number of likely N-dealkylation sites (tertiary alicyclic amines) is 1. The molecule has 2 unspecified atom stereocenters. The summed E-state index contributed by atoms with van der Waals surface area (Å²) in [7, 11) is 0. The number of carbonyl (C=O) groups excluding carboxylic acids is 2. The number of amides is 2. The molecule has 0 spiro atoms. The lowest BCUT2D eigenvalue weighted by Crippen LogP contribution is -2.43. The van der Waals surface area contributed by atoms with Crippen LogP contribution in [0.15, 0.2) is 51.6 Å². The first-order valence-corrected chi connectivity index (χ1v) is 11.1. The van der Waals surface area contributed by atoms with Crippen LogP contribution in [-0.2, 0) is 9.59 Å². The topological polar surface area (TPSA) is 79.5 Å². The monoisotopic (exact) mass is 422 g/mol. The molecule has 3 aromatic rings. The summed E-state index contributed by atoms with van der Waals surface area (Å²) in [6, 6.07) is 11.5. The molecule has 0 radical (unpaired) electrons. The molecule has 0 aliphatic carbocycles. The number of anilines is 1. The van der Waals surface area contributed by atoms with Gasteiger partial charge in [-0.2, -0.15) is 11.3 Å². The molecule has 0 N–H and O–H groups in total. The van der Waals surface area contributed by atoms with Crippen LogP contribution in [-0.4, -0.2) is 46.5 Å². The van der Waals surface area contributed by atoms with Gasteiger partial charge in [-0.05, 0) is 36.4 Å². The zero-order valence-electron chi connectivity index (χ0n) is 16.4. The van der Waals surface area contributed by atoms with E-state index in [4.69, 9.17) is 4.42 Å². The number of hydrogen-bond acceptors (Lipinski definition) is 6. The zero-order chi connectivity index (χ0) is 20.5. The first kappa shape index (κ1) is 19.0. The molecule has 4 heterocycles. The van der Waals surface area contributed by atoms with E-state index >= 15 is 0 Å². The highest BCUT2D eigenvalue weighted by atomic mass is 32.1. The van der Waals surface area contributed by atoms with Crippen molar-refractivity contribution in [2.75, 3.05) is 24.5 Å². The quantitative estimate of drug-likeness (QED) is 0.642. The molecule has 7 nitrogen and oxygen atoms in total. The van der Waals surface area contributed by atoms with E-state index in [1.165, 1.54) is 0 Å². The minimum absolute atomic E-state index is 0.00501. The fraction of sp³-hybridized carbons (Fsp3) is 0.364. The van der Waals surface area contributed by atoms with Crippen molar-refractivity contribution in [3.05, 3.63) is 53.0 Å². The molecule has 0 bridgehead atoms. The number of rotatable bonds is 4. The summed E-state index contributed by atoms with van der Waals surface area (Å²) in [5, 5.41) is 12.4. The summed E-state index contributed by atoms with van der Waals surface area (Å²) in [6.45, 7) is 1.70. The lowest BCUT2D eigenvalue weighted by Gasteiger charge is -2.32. The van der Waals surface area contributed by atoms with Gasteiger partial charge in [-0.15, -0.1) is 10.2 Å². The van der Waals surface area contributed by atoms with Gasteiger partial charge in [0.25, 0.3) is 0 Å². The van der Waals surface area contributed by atoms with Gasteiger partial charge >= 0.3 is 0 Å². The number of nitrogens with zero attached hydrogens (tertiary/aromatic N) is 4. The maximum atomic E-state index is 13.2. The maximum absolute atomic E-state index is 13.2. The van der Waals surface area contributed by atoms with Crippen molar-refractivity contribution >= 4 is 28.8 Å². The van der Waals surface area contributed by atoms with Gasteiger partial charge in [0.1, 0.15) is 0 Å². The van der Waals surface area contributed by atoms with Crippen LogP contribution >= 0.6 is 11.3 Å². The van der Waals surface area contributed by atoms with Crippen LogP contribution in [0.5, 0.6) is 0 Å². The van der Waals surface area contributed by atoms with Crippen molar-refractivity contribution < 1.29 is 14.0 Å². The van der Waals surface area contributed by atoms with Crippen molar-refractivity contribution in [1.82, 2.24) is 15.1 Å². The molecule has 5 rings (SSSR count). The van der Waals surface area contributed by atoms with E-state index < -0.39 is 0 Å². The van der Waals surface area contributed by atoms with Crippen molar-refractivity contribution in [2.45, 2.75) is 25.2 Å². The normalized spacial score (nSPS) is 21.9. The number of hydrogen-bond donors (Lipinski definition) is 0. The number of thiophene rings is 1. The van der Waals surface area contributed by atoms with E-state index in [1.807, 2.05) is 52.1 Å². The Labute approximate surface area is 178 Å². The Morgan fingerprint density at radius 2 is 2.00 bits per heavy atom. The second-order valence-corrected chi connectivity index (χ2v) is 8.60. The van der Waals surface area contributed by atoms with Gasteiger partial charge < -0.3 is 14.2 Å². The van der Waals surface area contributed by atoms with E-state index in [0.717, 1.165) is 24.1 Å². The Bertz CT molecular complexity index is 1030. The van der Waals surface area contributed by atoms with Gasteiger partial charge in [-0.25, -0.2) is 0 Å². The standard InChI is InChI=1S/C22H22N4O3S/c27-19-11-17(13-26(19)18-6-2-1-3-7-18)22(28)25-9-4-5-15(12-25)20-23-24-21(29-20)16-8-10-30-14-16/h1-3,6-8,10,14-15,17H,4-5,9,11-13H2. The van der Waals surface area contributed by atoms with Gasteiger partial charge in [-0.3, -0.25) is 9.59 Å². The third-order valence-electron chi connectivity index (χ3n) is 5.83. The fourth-order valence-electron chi connectivity index (χ4n) is 4.27. The molecule has 2 aliphatic rings. The predicted octanol–water partition coefficient (Wildman–Crippen LogP) is 3.56. The summed E-state index contributed by atoms with van der Waals surface area (Å²) in [6.07, 6.45) is 2.06. The third-order valence-corrected chi connectivity index (χ3v) is 6.52. The van der Waals surface area contributed by atoms with Crippen molar-refractivity contribution in [3.8, 4) is 11.5 Å². The van der Waals surface area contributed by atoms with Crippen molar-refractivity contribution in [3.63, 3.8) is 0 Å². The van der Waals surface area contributed by atoms with E-state index in [2.05, 4.69) is 10.2 Å². The second-order valence-electron chi connectivity index (χ2n) is 7.82. The zero-order valence-corrected chi connectivity index (χ0v) is 17.3. The summed E-state index contributed by atoms with van der Waals surface area (Å²) in [5.74, 6) is 0.886. The number of piperidine rings is 1. The van der Waals surface area contributed by atoms with Gasteiger partial charge in [0.2, 0.25) is 23.6 Å². The summed E-state index contributed by atoms with van der Waals surface area (Å²) >= 11 is 1.58. The van der Waals surface area contributed by atoms with Crippen LogP contribution < -0.4 is 4.90 Å². The summed E-state index contributed by atoms with van der Waals surface area (Å²) in [4.78, 5) is 29.3. The molecule has 2 aliphatic heterocycles. The number of para-hydroxylation sites is 1. The molecule has 2 amide bonds. The average molecular weight is 423 g/mol. The van der Waals surface area contributed by atoms with E-state index in [9.17, 15) is 9.59 Å². The Balaban J connectivity index is 1.26. The van der Waals surface area contributed by atoms with Crippen molar-refractivity contribution in [2.24, 2.45) is 5.92 Å². The molecular weight excluding hydrogens is 400 g/mol. The fourth-order valence-corrected chi connectivity index (χ4v) is 4.90. The molecule has 8 heteroatoms. The maximum Gasteiger partial charge on any atom is 0.248 e. The molecular formula is C22H22N4O3S. The molecule has 2 saturated heterocycles. The van der Waals surface area contributed by atoms with E-state index in [1.54, 1.807) is 16.2 Å². The Morgan fingerprint density at radius 3 is 2.80 bits per heavy atom. The van der Waals surface area contributed by atoms with E-state index in [0.29, 0.717) is 31.4 Å². The van der Waals surface area contributed by atoms with E-state index in [-0.39, 0.29) is 30.1 Å². The first-order valence-electron chi connectivity index (χ1n) is 10.2. The van der Waals surface area contributed by atoms with Gasteiger partial charge in [0.05, 0.1) is 11.8 Å². The highest BCUT2D eigenvalue weighted by Crippen LogP contribution is 2.31. The Morgan fingerprint density at radius 1 is 1.13 bits per heavy atom. The van der Waals surface area contributed by atoms with Crippen LogP contribution in [0.3, 0.4) is 0 Å². The van der Waals surface area contributed by atoms with Crippen LogP contribution in [0.4, 0.5) is 5.69 Å². The smallest absolute Gasteiger partial charge is 0.248 e. The first-order chi connectivity index (χ1) is 14.7. The molecule has 154 valence electrons. The number of carbonyl (C=O) groups is 2. The van der Waals surface area contributed by atoms with Crippen LogP contribution in [0, 0.1) is 5.92 Å². The molecule has 2 fully saturated rings. The minimum Gasteiger partial charge on any atom is -0.420 e. The van der Waals surface area contributed by atoms with Crippen LogP contribution in [0.25, 0.3) is 11.5 Å². The highest BCUT2D eigenvalue weighted by Gasteiger charge is 2.39. The lowest BCUT2D eigenvalue weighted by molar-refractivity contribution is -0.137. The lowest BCUT2D eigenvalue weighted by atomic mass is 9.96. The molecule has 2 atom stereocenters. The number of benzene rings is 1. The largest absolute Gasteiger partial charge is 0.420 e. The van der Waals surface area contributed by atoms with Gasteiger partial charge in [0, 0.05) is 42.7 Å². The number of aromatic nitrogens is 2. The summed E-state index contributed by atoms with van der Waals surface area (Å²) < 4.78 is 5.90. The SMILES string of the molecule is O=C(C1CC(=O)N(c2ccccc2)C1)N1CCCC(c2nnc(-c3ccsc3)o2)C1. The highest BCUT2D eigenvalue weighted by molar-refractivity contribution is 7.08. The second kappa shape index (κ2) is 8.02. The Hall–Kier alpha value is -3.00. The molecule has 0 saturated carbocycles. The molecule has 1 aromatic carbocycles. The summed E-state index contributed by atoms with van der Waals surface area (Å²) in [5.41, 5.74) is 1.77. The average Bonchev–Trinajstić information content (AvgIpc) is 3.54. The van der Waals surface area contributed by atoms with Crippen LogP contribution in [0.1, 0.15) is 31.1 Å². The van der Waals surface area contributed by atoms with Gasteiger partial charge in [-0.1, -0.05) is 18.2 Å². The third kappa shape index (κ3) is 3.63. The van der Waals surface area contributed by atoms with Crippen molar-refractivity contribution in [1.29, 1.82) is 0 Å². The van der Waals surface area contributed by atoms with Crippen LogP contribution in [0.2, 0.25) is 0 Å².